The zero-order valence-corrected chi connectivity index (χ0v) is 46.4. The highest BCUT2D eigenvalue weighted by molar-refractivity contribution is 5.58. The minimum Gasteiger partial charge on any atom is -0.494 e. The summed E-state index contributed by atoms with van der Waals surface area (Å²) in [6.07, 6.45) is 28.4. The molecule has 8 bridgehead atoms. The summed E-state index contributed by atoms with van der Waals surface area (Å²) >= 11 is 0. The average Bonchev–Trinajstić information content (AvgIpc) is 3.42. The van der Waals surface area contributed by atoms with Gasteiger partial charge >= 0.3 is 0 Å². The molecule has 0 amide bonds. The van der Waals surface area contributed by atoms with Gasteiger partial charge in [-0.25, -0.2) is 0 Å². The van der Waals surface area contributed by atoms with Crippen molar-refractivity contribution < 1.29 is 18.9 Å². The standard InChI is InChI=1S/C72H80O4/c1-5-9-13-17-21-33-45-73-69-53-61-37-25-27-39-63-50-65(57-70(55-63)74-46-34-22-18-14-10-6-2)41-29-31-43-67-52-68(60-72(59-67)76-48-36-24-20-16-12-8-4)44-32-30-42-66-51-64(40-28-26-38-62(49-61)54-69)56-71(58-66)75-47-35-23-19-15-11-7-3/h49-60H,5-24,33-36,45-48H2,1-4H3. The van der Waals surface area contributed by atoms with Gasteiger partial charge in [0, 0.05) is 44.5 Å². The second-order valence-corrected chi connectivity index (χ2v) is 19.4. The Balaban J connectivity index is 1.52. The van der Waals surface area contributed by atoms with E-state index < -0.39 is 0 Å². The summed E-state index contributed by atoms with van der Waals surface area (Å²) in [5.74, 6) is 53.5. The molecule has 0 saturated heterocycles. The Labute approximate surface area is 460 Å². The number of ether oxygens (including phenoxy) is 4. The number of hydrogen-bond acceptors (Lipinski definition) is 4. The third-order valence-corrected chi connectivity index (χ3v) is 12.6. The first kappa shape index (κ1) is 59.4. The summed E-state index contributed by atoms with van der Waals surface area (Å²) in [5.41, 5.74) is 6.04. The van der Waals surface area contributed by atoms with Gasteiger partial charge < -0.3 is 18.9 Å². The first-order valence-electron chi connectivity index (χ1n) is 28.7. The topological polar surface area (TPSA) is 36.9 Å². The lowest BCUT2D eigenvalue weighted by atomic mass is 10.1. The van der Waals surface area contributed by atoms with Crippen molar-refractivity contribution in [3.8, 4) is 118 Å². The molecular formula is C72H80O4. The number of unbranched alkanes of at least 4 members (excludes halogenated alkanes) is 20. The number of benzene rings is 4. The van der Waals surface area contributed by atoms with E-state index >= 15 is 0 Å². The van der Waals surface area contributed by atoms with Crippen LogP contribution in [0.15, 0.2) is 72.8 Å². The highest BCUT2D eigenvalue weighted by Crippen LogP contribution is 2.22. The fourth-order valence-electron chi connectivity index (χ4n) is 8.42. The van der Waals surface area contributed by atoms with Crippen LogP contribution in [0.3, 0.4) is 0 Å². The van der Waals surface area contributed by atoms with Gasteiger partial charge in [-0.1, -0.05) is 203 Å². The molecule has 4 heteroatoms. The van der Waals surface area contributed by atoms with E-state index in [4.69, 9.17) is 18.9 Å². The molecule has 0 heterocycles. The molecule has 0 atom stereocenters. The summed E-state index contributed by atoms with van der Waals surface area (Å²) in [7, 11) is 0. The van der Waals surface area contributed by atoms with E-state index in [1.54, 1.807) is 0 Å². The van der Waals surface area contributed by atoms with Gasteiger partial charge in [0.05, 0.1) is 26.4 Å². The molecule has 0 aliphatic heterocycles. The molecule has 4 nitrogen and oxygen atoms in total. The van der Waals surface area contributed by atoms with Crippen LogP contribution in [0, 0.1) is 94.7 Å². The summed E-state index contributed by atoms with van der Waals surface area (Å²) in [4.78, 5) is 0. The van der Waals surface area contributed by atoms with E-state index in [1.807, 2.05) is 72.8 Å². The zero-order valence-electron chi connectivity index (χ0n) is 46.4. The normalized spacial score (nSPS) is 10.8. The zero-order chi connectivity index (χ0) is 53.4. The Hall–Kier alpha value is -7.44. The summed E-state index contributed by atoms with van der Waals surface area (Å²) in [6, 6.07) is 23.5. The fraction of sp³-hybridized carbons (Fsp3) is 0.444. The minimum atomic E-state index is 0.625. The number of fused-ring (bicyclic) bond motifs is 8. The smallest absolute Gasteiger partial charge is 0.121 e. The first-order valence-corrected chi connectivity index (χ1v) is 28.7. The third-order valence-electron chi connectivity index (χ3n) is 12.6. The van der Waals surface area contributed by atoms with Crippen molar-refractivity contribution in [2.75, 3.05) is 26.4 Å². The van der Waals surface area contributed by atoms with Crippen molar-refractivity contribution in [3.63, 3.8) is 0 Å². The van der Waals surface area contributed by atoms with Crippen LogP contribution < -0.4 is 18.9 Å². The molecule has 1 aliphatic rings. The summed E-state index contributed by atoms with van der Waals surface area (Å²) in [5, 5.41) is 0. The van der Waals surface area contributed by atoms with E-state index in [0.29, 0.717) is 26.4 Å². The van der Waals surface area contributed by atoms with Gasteiger partial charge in [-0.15, -0.1) is 0 Å². The van der Waals surface area contributed by atoms with Gasteiger partial charge in [-0.05, 0) is 146 Å². The van der Waals surface area contributed by atoms with Crippen molar-refractivity contribution in [2.24, 2.45) is 0 Å². The molecule has 0 saturated carbocycles. The van der Waals surface area contributed by atoms with Crippen LogP contribution in [0.25, 0.3) is 0 Å². The molecule has 0 aromatic heterocycles. The molecule has 0 fully saturated rings. The first-order chi connectivity index (χ1) is 37.5. The quantitative estimate of drug-likeness (QED) is 0.0361. The van der Waals surface area contributed by atoms with Gasteiger partial charge in [0.1, 0.15) is 23.0 Å². The summed E-state index contributed by atoms with van der Waals surface area (Å²) in [6.45, 7) is 11.5. The van der Waals surface area contributed by atoms with Crippen molar-refractivity contribution in [1.29, 1.82) is 0 Å². The van der Waals surface area contributed by atoms with Crippen LogP contribution in [0.2, 0.25) is 0 Å². The Bertz CT molecular complexity index is 2390. The van der Waals surface area contributed by atoms with Gasteiger partial charge in [0.2, 0.25) is 0 Å². The monoisotopic (exact) mass is 1010 g/mol. The van der Waals surface area contributed by atoms with Crippen molar-refractivity contribution in [2.45, 2.75) is 182 Å². The molecule has 392 valence electrons. The molecule has 0 N–H and O–H groups in total. The molecule has 1 aliphatic carbocycles. The van der Waals surface area contributed by atoms with E-state index in [1.165, 1.54) is 103 Å². The lowest BCUT2D eigenvalue weighted by Crippen LogP contribution is -1.98. The maximum absolute atomic E-state index is 6.28. The molecule has 76 heavy (non-hydrogen) atoms. The second kappa shape index (κ2) is 38.2. The second-order valence-electron chi connectivity index (χ2n) is 19.4. The predicted octanol–water partition coefficient (Wildman–Crippen LogP) is 16.6. The molecule has 0 radical (unpaired) electrons. The minimum absolute atomic E-state index is 0.625. The van der Waals surface area contributed by atoms with Gasteiger partial charge in [-0.2, -0.15) is 0 Å². The molecule has 5 rings (SSSR count). The maximum atomic E-state index is 6.28. The Morgan fingerprint density at radius 3 is 0.539 bits per heavy atom. The van der Waals surface area contributed by atoms with Crippen LogP contribution in [0.1, 0.15) is 226 Å². The van der Waals surface area contributed by atoms with Crippen LogP contribution >= 0.6 is 0 Å². The van der Waals surface area contributed by atoms with Crippen LogP contribution in [0.4, 0.5) is 0 Å². The highest BCUT2D eigenvalue weighted by Gasteiger charge is 2.05. The molecular weight excluding hydrogens is 929 g/mol. The predicted molar refractivity (Wildman–Crippen MR) is 316 cm³/mol. The lowest BCUT2D eigenvalue weighted by Gasteiger charge is -2.08. The lowest BCUT2D eigenvalue weighted by molar-refractivity contribution is 0.304. The van der Waals surface area contributed by atoms with Gasteiger partial charge in [0.15, 0.2) is 0 Å². The SMILES string of the molecule is CCCCCCCCOc1cc2cc(c1)C#CC#Cc1cc(cc(OCCCCCCCC)c1)C#CC#Cc1cc(cc(OCCCCCCCC)c1)C#CC#Cc1cc(cc(OCCCCCCCC)c1)C#CC#C2. The Kier molecular flexibility index (Phi) is 29.8. The average molecular weight is 1010 g/mol. The van der Waals surface area contributed by atoms with Crippen molar-refractivity contribution in [1.82, 2.24) is 0 Å². The van der Waals surface area contributed by atoms with E-state index in [-0.39, 0.29) is 0 Å². The van der Waals surface area contributed by atoms with Crippen molar-refractivity contribution >= 4 is 0 Å². The number of hydrogen-bond donors (Lipinski definition) is 0. The Morgan fingerprint density at radius 1 is 0.211 bits per heavy atom. The van der Waals surface area contributed by atoms with E-state index in [9.17, 15) is 0 Å². The maximum Gasteiger partial charge on any atom is 0.121 e. The van der Waals surface area contributed by atoms with Crippen molar-refractivity contribution in [3.05, 3.63) is 117 Å². The Morgan fingerprint density at radius 2 is 0.368 bits per heavy atom. The van der Waals surface area contributed by atoms with Gasteiger partial charge in [0.25, 0.3) is 0 Å². The molecule has 0 unspecified atom stereocenters. The molecule has 0 spiro atoms. The molecule has 4 aromatic rings. The van der Waals surface area contributed by atoms with Crippen LogP contribution in [-0.4, -0.2) is 26.4 Å². The van der Waals surface area contributed by atoms with Crippen LogP contribution in [0.5, 0.6) is 23.0 Å². The third kappa shape index (κ3) is 26.2. The van der Waals surface area contributed by atoms with Gasteiger partial charge in [-0.3, -0.25) is 0 Å². The largest absolute Gasteiger partial charge is 0.494 e. The fourth-order valence-corrected chi connectivity index (χ4v) is 8.42. The highest BCUT2D eigenvalue weighted by atomic mass is 16.5. The van der Waals surface area contributed by atoms with E-state index in [2.05, 4.69) is 122 Å². The number of rotatable bonds is 32. The van der Waals surface area contributed by atoms with E-state index in [0.717, 1.165) is 119 Å². The summed E-state index contributed by atoms with van der Waals surface area (Å²) < 4.78 is 25.1. The molecule has 4 aromatic carbocycles. The van der Waals surface area contributed by atoms with Crippen LogP contribution in [-0.2, 0) is 0 Å².